The van der Waals surface area contributed by atoms with Crippen molar-refractivity contribution in [3.8, 4) is 5.69 Å². The van der Waals surface area contributed by atoms with Crippen molar-refractivity contribution < 1.29 is 4.79 Å². The van der Waals surface area contributed by atoms with E-state index >= 15 is 0 Å². The third-order valence-corrected chi connectivity index (χ3v) is 4.66. The largest absolute Gasteiger partial charge is 0.333 e. The lowest BCUT2D eigenvalue weighted by Crippen LogP contribution is -2.51. The minimum Gasteiger partial charge on any atom is -0.333 e. The summed E-state index contributed by atoms with van der Waals surface area (Å²) in [6, 6.07) is 8.88. The first-order valence-corrected chi connectivity index (χ1v) is 8.43. The van der Waals surface area contributed by atoms with Crippen molar-refractivity contribution in [2.45, 2.75) is 45.2 Å². The molecule has 2 unspecified atom stereocenters. The molecule has 2 atom stereocenters. The molecule has 0 bridgehead atoms. The number of nitrogens with zero attached hydrogens (tertiary/aromatic N) is 2. The zero-order valence-electron chi connectivity index (χ0n) is 14.6. The van der Waals surface area contributed by atoms with E-state index < -0.39 is 0 Å². The summed E-state index contributed by atoms with van der Waals surface area (Å²) >= 11 is 0. The number of aryl methyl sites for hydroxylation is 1. The van der Waals surface area contributed by atoms with Crippen LogP contribution in [0.5, 0.6) is 0 Å². The monoisotopic (exact) mass is 364 g/mol. The van der Waals surface area contributed by atoms with Crippen molar-refractivity contribution in [2.24, 2.45) is 5.73 Å². The quantitative estimate of drug-likeness (QED) is 0.875. The predicted molar refractivity (Wildman–Crippen MR) is 101 cm³/mol. The Hall–Kier alpha value is -2.05. The van der Waals surface area contributed by atoms with Crippen LogP contribution in [0.2, 0.25) is 0 Å². The van der Waals surface area contributed by atoms with Crippen molar-refractivity contribution in [3.63, 3.8) is 0 Å². The fourth-order valence-electron chi connectivity index (χ4n) is 3.30. The lowest BCUT2D eigenvalue weighted by Gasteiger charge is -2.37. The molecule has 3 rings (SSSR count). The van der Waals surface area contributed by atoms with Gasteiger partial charge >= 0.3 is 0 Å². The Kier molecular flexibility index (Phi) is 6.08. The number of nitrogens with one attached hydrogen (secondary N) is 1. The van der Waals surface area contributed by atoms with E-state index in [9.17, 15) is 9.59 Å². The standard InChI is InChI=1S/C18H24N4O2.ClH/c1-12-6-8-14(9-7-12)22-17(23)11-15(20-22)18(24)21-10-4-3-5-16(21)13(2)19;/h6-9,11,13,16,20H,3-5,10,19H2,1-2H3;1H. The lowest BCUT2D eigenvalue weighted by molar-refractivity contribution is 0.0577. The van der Waals surface area contributed by atoms with Gasteiger partial charge in [-0.05, 0) is 45.2 Å². The zero-order chi connectivity index (χ0) is 17.3. The number of aromatic amines is 1. The first-order chi connectivity index (χ1) is 11.5. The van der Waals surface area contributed by atoms with E-state index in [2.05, 4.69) is 5.10 Å². The molecule has 25 heavy (non-hydrogen) atoms. The van der Waals surface area contributed by atoms with E-state index in [1.54, 1.807) is 4.90 Å². The van der Waals surface area contributed by atoms with Crippen LogP contribution in [-0.4, -0.2) is 39.2 Å². The number of halogens is 1. The van der Waals surface area contributed by atoms with Gasteiger partial charge in [-0.1, -0.05) is 17.7 Å². The molecule has 0 saturated carbocycles. The molecule has 136 valence electrons. The second-order valence-corrected chi connectivity index (χ2v) is 6.60. The zero-order valence-corrected chi connectivity index (χ0v) is 15.4. The molecule has 0 spiro atoms. The Bertz CT molecular complexity index is 779. The summed E-state index contributed by atoms with van der Waals surface area (Å²) in [5.74, 6) is -0.153. The summed E-state index contributed by atoms with van der Waals surface area (Å²) < 4.78 is 1.40. The van der Waals surface area contributed by atoms with E-state index in [4.69, 9.17) is 5.73 Å². The summed E-state index contributed by atoms with van der Waals surface area (Å²) in [6.07, 6.45) is 2.96. The van der Waals surface area contributed by atoms with Crippen LogP contribution in [0, 0.1) is 6.92 Å². The average Bonchev–Trinajstić information content (AvgIpc) is 2.96. The molecule has 1 amide bonds. The molecule has 3 N–H and O–H groups in total. The highest BCUT2D eigenvalue weighted by molar-refractivity contribution is 5.92. The van der Waals surface area contributed by atoms with Gasteiger partial charge in [-0.3, -0.25) is 14.7 Å². The van der Waals surface area contributed by atoms with Crippen LogP contribution in [0.3, 0.4) is 0 Å². The molecular formula is C18H25ClN4O2. The maximum Gasteiger partial charge on any atom is 0.272 e. The molecule has 1 fully saturated rings. The number of likely N-dealkylation sites (tertiary alicyclic amines) is 1. The van der Waals surface area contributed by atoms with Crippen molar-refractivity contribution in [1.82, 2.24) is 14.7 Å². The molecular weight excluding hydrogens is 340 g/mol. The van der Waals surface area contributed by atoms with Crippen LogP contribution >= 0.6 is 12.4 Å². The fourth-order valence-corrected chi connectivity index (χ4v) is 3.30. The van der Waals surface area contributed by atoms with Gasteiger partial charge in [0.15, 0.2) is 0 Å². The molecule has 1 aliphatic rings. The number of benzene rings is 1. The van der Waals surface area contributed by atoms with Crippen LogP contribution < -0.4 is 11.3 Å². The molecule has 1 aromatic heterocycles. The van der Waals surface area contributed by atoms with Gasteiger partial charge in [0.1, 0.15) is 5.69 Å². The highest BCUT2D eigenvalue weighted by atomic mass is 35.5. The maximum atomic E-state index is 12.9. The summed E-state index contributed by atoms with van der Waals surface area (Å²) in [5.41, 5.74) is 7.94. The van der Waals surface area contributed by atoms with Crippen LogP contribution in [0.4, 0.5) is 0 Å². The molecule has 1 aliphatic heterocycles. The molecule has 0 radical (unpaired) electrons. The van der Waals surface area contributed by atoms with E-state index in [-0.39, 0.29) is 36.0 Å². The summed E-state index contributed by atoms with van der Waals surface area (Å²) in [4.78, 5) is 26.9. The number of hydrogen-bond acceptors (Lipinski definition) is 3. The smallest absolute Gasteiger partial charge is 0.272 e. The molecule has 2 heterocycles. The van der Waals surface area contributed by atoms with Gasteiger partial charge in [0.2, 0.25) is 0 Å². The molecule has 1 aromatic carbocycles. The van der Waals surface area contributed by atoms with Crippen LogP contribution in [0.25, 0.3) is 5.69 Å². The predicted octanol–water partition coefficient (Wildman–Crippen LogP) is 2.24. The number of amides is 1. The number of piperidine rings is 1. The average molecular weight is 365 g/mol. The molecule has 1 saturated heterocycles. The van der Waals surface area contributed by atoms with Gasteiger partial charge in [-0.25, -0.2) is 4.68 Å². The first kappa shape index (κ1) is 19.3. The minimum absolute atomic E-state index is 0. The van der Waals surface area contributed by atoms with Crippen molar-refractivity contribution >= 4 is 18.3 Å². The van der Waals surface area contributed by atoms with Gasteiger partial charge in [-0.15, -0.1) is 12.4 Å². The van der Waals surface area contributed by atoms with E-state index in [0.717, 1.165) is 24.8 Å². The number of carbonyl (C=O) groups is 1. The van der Waals surface area contributed by atoms with Crippen molar-refractivity contribution in [3.05, 3.63) is 51.9 Å². The Morgan fingerprint density at radius 3 is 2.60 bits per heavy atom. The molecule has 6 nitrogen and oxygen atoms in total. The normalized spacial score (nSPS) is 18.5. The minimum atomic E-state index is -0.239. The van der Waals surface area contributed by atoms with E-state index in [1.165, 1.54) is 10.7 Å². The van der Waals surface area contributed by atoms with Gasteiger partial charge in [0.25, 0.3) is 11.5 Å². The number of hydrogen-bond donors (Lipinski definition) is 2. The first-order valence-electron chi connectivity index (χ1n) is 8.43. The number of aromatic nitrogens is 2. The Morgan fingerprint density at radius 1 is 1.28 bits per heavy atom. The topological polar surface area (TPSA) is 84.1 Å². The third-order valence-electron chi connectivity index (χ3n) is 4.66. The summed E-state index contributed by atoms with van der Waals surface area (Å²) in [6.45, 7) is 4.60. The van der Waals surface area contributed by atoms with Gasteiger partial charge in [0.05, 0.1) is 5.69 Å². The number of H-pyrrole nitrogens is 1. The van der Waals surface area contributed by atoms with Gasteiger partial charge in [0, 0.05) is 24.7 Å². The second kappa shape index (κ2) is 7.89. The summed E-state index contributed by atoms with van der Waals surface area (Å²) in [5, 5.41) is 2.95. The van der Waals surface area contributed by atoms with E-state index in [1.807, 2.05) is 38.1 Å². The van der Waals surface area contributed by atoms with Crippen LogP contribution in [0.15, 0.2) is 35.1 Å². The Balaban J connectivity index is 0.00000225. The third kappa shape index (κ3) is 3.96. The summed E-state index contributed by atoms with van der Waals surface area (Å²) in [7, 11) is 0. The van der Waals surface area contributed by atoms with Crippen molar-refractivity contribution in [2.75, 3.05) is 6.54 Å². The fraction of sp³-hybridized carbons (Fsp3) is 0.444. The molecule has 0 aliphatic carbocycles. The van der Waals surface area contributed by atoms with Gasteiger partial charge < -0.3 is 10.6 Å². The molecule has 2 aromatic rings. The highest BCUT2D eigenvalue weighted by Crippen LogP contribution is 2.21. The van der Waals surface area contributed by atoms with E-state index in [0.29, 0.717) is 17.9 Å². The number of rotatable bonds is 3. The Labute approximate surface area is 153 Å². The Morgan fingerprint density at radius 2 is 1.96 bits per heavy atom. The number of carbonyl (C=O) groups excluding carboxylic acids is 1. The van der Waals surface area contributed by atoms with Gasteiger partial charge in [-0.2, -0.15) is 0 Å². The lowest BCUT2D eigenvalue weighted by atomic mass is 9.96. The van der Waals surface area contributed by atoms with Crippen LogP contribution in [0.1, 0.15) is 42.2 Å². The number of nitrogens with two attached hydrogens (primary N) is 1. The van der Waals surface area contributed by atoms with Crippen LogP contribution in [-0.2, 0) is 0 Å². The van der Waals surface area contributed by atoms with Crippen molar-refractivity contribution in [1.29, 1.82) is 0 Å². The maximum absolute atomic E-state index is 12.9. The molecule has 7 heteroatoms. The highest BCUT2D eigenvalue weighted by Gasteiger charge is 2.30. The second-order valence-electron chi connectivity index (χ2n) is 6.60. The SMILES string of the molecule is Cc1ccc(-n2[nH]c(C(=O)N3CCCCC3C(C)N)cc2=O)cc1.Cl.